The van der Waals surface area contributed by atoms with Crippen molar-refractivity contribution in [1.29, 1.82) is 0 Å². The number of fused-ring (bicyclic) bond motifs is 2. The first-order valence-electron chi connectivity index (χ1n) is 7.49. The van der Waals surface area contributed by atoms with Crippen molar-refractivity contribution < 1.29 is 18.3 Å². The molecule has 0 aliphatic carbocycles. The number of anilines is 1. The van der Waals surface area contributed by atoms with Gasteiger partial charge in [0, 0.05) is 31.1 Å². The SMILES string of the molecule is CN(C)S(=O)(=O)Nc1ccc2ccc3ncc(C(=O)O)cc3c(=O)c2c1. The molecule has 3 aromatic rings. The molecule has 9 heteroatoms. The summed E-state index contributed by atoms with van der Waals surface area (Å²) in [6.07, 6.45) is 1.19. The second-order valence-electron chi connectivity index (χ2n) is 5.82. The standard InChI is InChI=1S/C17H15N3O5S/c1-20(2)26(24,25)19-12-5-3-10-4-6-15-14(16(21)13(10)8-12)7-11(9-18-15)17(22)23/h3-9,19H,1-2H3,(H,22,23). The van der Waals surface area contributed by atoms with Gasteiger partial charge >= 0.3 is 16.2 Å². The number of pyridine rings is 1. The predicted molar refractivity (Wildman–Crippen MR) is 98.7 cm³/mol. The van der Waals surface area contributed by atoms with E-state index in [2.05, 4.69) is 9.71 Å². The van der Waals surface area contributed by atoms with Crippen LogP contribution in [-0.4, -0.2) is 42.9 Å². The molecule has 26 heavy (non-hydrogen) atoms. The van der Waals surface area contributed by atoms with Gasteiger partial charge in [-0.2, -0.15) is 12.7 Å². The van der Waals surface area contributed by atoms with Crippen LogP contribution in [0.3, 0.4) is 0 Å². The summed E-state index contributed by atoms with van der Waals surface area (Å²) in [6, 6.07) is 9.14. The number of nitrogens with one attached hydrogen (secondary N) is 1. The maximum Gasteiger partial charge on any atom is 0.337 e. The van der Waals surface area contributed by atoms with E-state index in [9.17, 15) is 18.0 Å². The highest BCUT2D eigenvalue weighted by Gasteiger charge is 2.14. The normalized spacial score (nSPS) is 11.8. The lowest BCUT2D eigenvalue weighted by molar-refractivity contribution is 0.0696. The molecule has 0 aliphatic rings. The maximum absolute atomic E-state index is 12.9. The Hall–Kier alpha value is -3.04. The minimum absolute atomic E-state index is 0.0987. The highest BCUT2D eigenvalue weighted by molar-refractivity contribution is 7.90. The molecule has 0 radical (unpaired) electrons. The Bertz CT molecular complexity index is 1210. The number of nitrogens with zero attached hydrogens (tertiary/aromatic N) is 2. The molecule has 0 unspecified atom stereocenters. The molecule has 134 valence electrons. The lowest BCUT2D eigenvalue weighted by atomic mass is 10.1. The van der Waals surface area contributed by atoms with E-state index in [-0.39, 0.29) is 22.0 Å². The van der Waals surface area contributed by atoms with Crippen LogP contribution in [0.5, 0.6) is 0 Å². The average Bonchev–Trinajstić information content (AvgIpc) is 2.71. The Morgan fingerprint density at radius 1 is 1.12 bits per heavy atom. The van der Waals surface area contributed by atoms with Crippen LogP contribution in [-0.2, 0) is 10.2 Å². The van der Waals surface area contributed by atoms with Crippen LogP contribution in [0.25, 0.3) is 21.7 Å². The van der Waals surface area contributed by atoms with Crippen LogP contribution in [0, 0.1) is 0 Å². The van der Waals surface area contributed by atoms with Gasteiger partial charge < -0.3 is 5.11 Å². The molecule has 0 spiro atoms. The lowest BCUT2D eigenvalue weighted by Crippen LogP contribution is -2.28. The zero-order valence-electron chi connectivity index (χ0n) is 13.9. The van der Waals surface area contributed by atoms with E-state index >= 15 is 0 Å². The third-order valence-corrected chi connectivity index (χ3v) is 5.31. The zero-order valence-corrected chi connectivity index (χ0v) is 14.7. The number of hydrogen-bond donors (Lipinski definition) is 2. The molecule has 0 aliphatic heterocycles. The van der Waals surface area contributed by atoms with Gasteiger partial charge in [-0.3, -0.25) is 14.5 Å². The van der Waals surface area contributed by atoms with Gasteiger partial charge in [-0.1, -0.05) is 12.1 Å². The van der Waals surface area contributed by atoms with E-state index in [0.29, 0.717) is 10.9 Å². The Morgan fingerprint density at radius 2 is 1.81 bits per heavy atom. The van der Waals surface area contributed by atoms with Crippen LogP contribution in [0.4, 0.5) is 5.69 Å². The topological polar surface area (TPSA) is 117 Å². The zero-order chi connectivity index (χ0) is 19.1. The molecule has 1 heterocycles. The molecule has 1 aromatic heterocycles. The third kappa shape index (κ3) is 3.22. The van der Waals surface area contributed by atoms with E-state index in [1.54, 1.807) is 24.3 Å². The van der Waals surface area contributed by atoms with E-state index in [0.717, 1.165) is 4.31 Å². The van der Waals surface area contributed by atoms with Gasteiger partial charge in [0.1, 0.15) is 0 Å². The molecule has 0 fully saturated rings. The molecule has 8 nitrogen and oxygen atoms in total. The molecule has 0 bridgehead atoms. The highest BCUT2D eigenvalue weighted by atomic mass is 32.2. The predicted octanol–water partition coefficient (Wildman–Crippen LogP) is 1.66. The first kappa shape index (κ1) is 17.8. The van der Waals surface area contributed by atoms with Gasteiger partial charge in [0.2, 0.25) is 0 Å². The monoisotopic (exact) mass is 373 g/mol. The number of aromatic nitrogens is 1. The van der Waals surface area contributed by atoms with Crippen LogP contribution in [0.15, 0.2) is 47.4 Å². The molecular weight excluding hydrogens is 358 g/mol. The fraction of sp³-hybridized carbons (Fsp3) is 0.118. The van der Waals surface area contributed by atoms with Crippen molar-refractivity contribution in [2.24, 2.45) is 0 Å². The molecule has 3 rings (SSSR count). The van der Waals surface area contributed by atoms with Crippen LogP contribution in [0.1, 0.15) is 10.4 Å². The van der Waals surface area contributed by atoms with Crippen molar-refractivity contribution in [3.63, 3.8) is 0 Å². The number of carboxylic acids is 1. The van der Waals surface area contributed by atoms with Gasteiger partial charge in [-0.15, -0.1) is 0 Å². The minimum Gasteiger partial charge on any atom is -0.478 e. The van der Waals surface area contributed by atoms with Crippen molar-refractivity contribution in [3.05, 3.63) is 58.4 Å². The van der Waals surface area contributed by atoms with Crippen molar-refractivity contribution >= 4 is 43.5 Å². The first-order chi connectivity index (χ1) is 12.2. The first-order valence-corrected chi connectivity index (χ1v) is 8.93. The quantitative estimate of drug-likeness (QED) is 0.718. The summed E-state index contributed by atoms with van der Waals surface area (Å²) < 4.78 is 27.3. The van der Waals surface area contributed by atoms with E-state index < -0.39 is 21.6 Å². The average molecular weight is 373 g/mol. The molecule has 0 saturated heterocycles. The summed E-state index contributed by atoms with van der Waals surface area (Å²) in [5, 5.41) is 10.1. The van der Waals surface area contributed by atoms with Gasteiger partial charge in [0.15, 0.2) is 5.43 Å². The number of benzene rings is 1. The number of aromatic carboxylic acids is 1. The molecule has 2 aromatic carbocycles. The Kier molecular flexibility index (Phi) is 4.34. The van der Waals surface area contributed by atoms with Gasteiger partial charge in [0.25, 0.3) is 0 Å². The Labute approximate surface area is 148 Å². The summed E-state index contributed by atoms with van der Waals surface area (Å²) in [7, 11) is -0.951. The highest BCUT2D eigenvalue weighted by Crippen LogP contribution is 2.20. The maximum atomic E-state index is 12.9. The van der Waals surface area contributed by atoms with Crippen molar-refractivity contribution in [2.75, 3.05) is 18.8 Å². The Balaban J connectivity index is 2.28. The van der Waals surface area contributed by atoms with Crippen molar-refractivity contribution in [2.45, 2.75) is 0 Å². The molecule has 0 saturated carbocycles. The minimum atomic E-state index is -3.72. The van der Waals surface area contributed by atoms with Crippen molar-refractivity contribution in [3.8, 4) is 0 Å². The van der Waals surface area contributed by atoms with Crippen LogP contribution in [0.2, 0.25) is 0 Å². The number of hydrogen-bond acceptors (Lipinski definition) is 5. The molecule has 0 amide bonds. The number of carbonyl (C=O) groups is 1. The Morgan fingerprint density at radius 3 is 2.46 bits per heavy atom. The number of rotatable bonds is 4. The number of carboxylic acid groups (broad SMARTS) is 1. The second kappa shape index (κ2) is 6.36. The summed E-state index contributed by atoms with van der Waals surface area (Å²) in [6.45, 7) is 0. The second-order valence-corrected chi connectivity index (χ2v) is 7.70. The van der Waals surface area contributed by atoms with Gasteiger partial charge in [-0.05, 0) is 29.7 Å². The smallest absolute Gasteiger partial charge is 0.337 e. The molecule has 2 N–H and O–H groups in total. The largest absolute Gasteiger partial charge is 0.478 e. The van der Waals surface area contributed by atoms with E-state index in [4.69, 9.17) is 5.11 Å². The summed E-state index contributed by atoms with van der Waals surface area (Å²) in [5.41, 5.74) is 0.0523. The van der Waals surface area contributed by atoms with Crippen LogP contribution < -0.4 is 10.2 Å². The fourth-order valence-corrected chi connectivity index (χ4v) is 3.03. The van der Waals surface area contributed by atoms with E-state index in [1.807, 2.05) is 0 Å². The van der Waals surface area contributed by atoms with Crippen LogP contribution >= 0.6 is 0 Å². The summed E-state index contributed by atoms with van der Waals surface area (Å²) >= 11 is 0. The van der Waals surface area contributed by atoms with Gasteiger partial charge in [0.05, 0.1) is 16.8 Å². The molecular formula is C17H15N3O5S. The third-order valence-electron chi connectivity index (χ3n) is 3.86. The van der Waals surface area contributed by atoms with Crippen molar-refractivity contribution in [1.82, 2.24) is 9.29 Å². The summed E-state index contributed by atoms with van der Waals surface area (Å²) in [4.78, 5) is 28.1. The van der Waals surface area contributed by atoms with E-state index in [1.165, 1.54) is 32.4 Å². The molecule has 0 atom stereocenters. The fourth-order valence-electron chi connectivity index (χ4n) is 2.42. The lowest BCUT2D eigenvalue weighted by Gasteiger charge is -2.13. The summed E-state index contributed by atoms with van der Waals surface area (Å²) in [5.74, 6) is -1.19. The van der Waals surface area contributed by atoms with Gasteiger partial charge in [-0.25, -0.2) is 4.79 Å².